The molecule has 21 heavy (non-hydrogen) atoms. The lowest BCUT2D eigenvalue weighted by atomic mass is 9.96. The number of nitrogens with zero attached hydrogens (tertiary/aromatic N) is 1. The van der Waals surface area contributed by atoms with Crippen molar-refractivity contribution in [2.75, 3.05) is 13.1 Å². The van der Waals surface area contributed by atoms with Crippen molar-refractivity contribution in [1.29, 1.82) is 0 Å². The van der Waals surface area contributed by atoms with Gasteiger partial charge in [-0.05, 0) is 24.7 Å². The Kier molecular flexibility index (Phi) is 3.22. The number of hydrogen-bond acceptors (Lipinski definition) is 2. The molecule has 1 saturated heterocycles. The molecule has 4 nitrogen and oxygen atoms in total. The molecule has 1 amide bonds. The van der Waals surface area contributed by atoms with Crippen molar-refractivity contribution in [3.8, 4) is 0 Å². The Balaban J connectivity index is 1.70. The fraction of sp³-hybridized carbons (Fsp3) is 0.857. The lowest BCUT2D eigenvalue weighted by molar-refractivity contribution is -0.188. The Morgan fingerprint density at radius 1 is 1.14 bits per heavy atom. The summed E-state index contributed by atoms with van der Waals surface area (Å²) in [4.78, 5) is 24.5. The number of carboxylic acid groups (broad SMARTS) is 1. The Hall–Kier alpha value is -1.27. The highest BCUT2D eigenvalue weighted by atomic mass is 19.4. The van der Waals surface area contributed by atoms with Gasteiger partial charge in [0, 0.05) is 19.0 Å². The van der Waals surface area contributed by atoms with Crippen LogP contribution in [0.4, 0.5) is 13.2 Å². The molecule has 3 aliphatic rings. The maximum atomic E-state index is 12.9. The SMILES string of the molecule is O=C(O)[C@@H]1CN(C(=O)C2CC23CCCC3)C[C@H]1C(F)(F)F. The molecule has 1 N–H and O–H groups in total. The van der Waals surface area contributed by atoms with Crippen LogP contribution in [0.1, 0.15) is 32.1 Å². The van der Waals surface area contributed by atoms with Gasteiger partial charge in [0.05, 0.1) is 11.8 Å². The van der Waals surface area contributed by atoms with Gasteiger partial charge in [0.15, 0.2) is 0 Å². The highest BCUT2D eigenvalue weighted by Gasteiger charge is 2.61. The van der Waals surface area contributed by atoms with E-state index in [4.69, 9.17) is 5.11 Å². The first-order valence-electron chi connectivity index (χ1n) is 7.33. The number of aliphatic carboxylic acids is 1. The Morgan fingerprint density at radius 2 is 1.76 bits per heavy atom. The monoisotopic (exact) mass is 305 g/mol. The Labute approximate surface area is 120 Å². The minimum atomic E-state index is -4.58. The zero-order valence-corrected chi connectivity index (χ0v) is 11.5. The average Bonchev–Trinajstić information content (AvgIpc) is 2.78. The van der Waals surface area contributed by atoms with Gasteiger partial charge in [-0.1, -0.05) is 12.8 Å². The van der Waals surface area contributed by atoms with E-state index in [0.717, 1.165) is 37.0 Å². The van der Waals surface area contributed by atoms with Gasteiger partial charge in [-0.2, -0.15) is 13.2 Å². The molecule has 0 aromatic carbocycles. The number of alkyl halides is 3. The summed E-state index contributed by atoms with van der Waals surface area (Å²) in [7, 11) is 0. The Morgan fingerprint density at radius 3 is 2.24 bits per heavy atom. The minimum Gasteiger partial charge on any atom is -0.481 e. The summed E-state index contributed by atoms with van der Waals surface area (Å²) in [5.41, 5.74) is 0.0200. The zero-order chi connectivity index (χ0) is 15.4. The second kappa shape index (κ2) is 4.61. The van der Waals surface area contributed by atoms with E-state index in [9.17, 15) is 22.8 Å². The van der Waals surface area contributed by atoms with Gasteiger partial charge in [-0.25, -0.2) is 0 Å². The van der Waals surface area contributed by atoms with E-state index in [2.05, 4.69) is 0 Å². The van der Waals surface area contributed by atoms with Crippen LogP contribution >= 0.6 is 0 Å². The maximum absolute atomic E-state index is 12.9. The van der Waals surface area contributed by atoms with Crippen LogP contribution in [0.3, 0.4) is 0 Å². The first-order chi connectivity index (χ1) is 9.74. The van der Waals surface area contributed by atoms with Gasteiger partial charge >= 0.3 is 12.1 Å². The summed E-state index contributed by atoms with van der Waals surface area (Å²) in [5.74, 6) is -5.40. The fourth-order valence-electron chi connectivity index (χ4n) is 4.11. The van der Waals surface area contributed by atoms with Gasteiger partial charge < -0.3 is 10.0 Å². The largest absolute Gasteiger partial charge is 0.481 e. The quantitative estimate of drug-likeness (QED) is 0.851. The van der Waals surface area contributed by atoms with Crippen molar-refractivity contribution >= 4 is 11.9 Å². The number of likely N-dealkylation sites (tertiary alicyclic amines) is 1. The first kappa shape index (κ1) is 14.7. The zero-order valence-electron chi connectivity index (χ0n) is 11.5. The summed E-state index contributed by atoms with van der Waals surface area (Å²) in [6.45, 7) is -0.823. The summed E-state index contributed by atoms with van der Waals surface area (Å²) in [6, 6.07) is 0. The van der Waals surface area contributed by atoms with Gasteiger partial charge in [0.2, 0.25) is 5.91 Å². The van der Waals surface area contributed by atoms with Crippen LogP contribution in [0.15, 0.2) is 0 Å². The summed E-state index contributed by atoms with van der Waals surface area (Å²) in [6.07, 6.45) is 0.285. The normalized spacial score (nSPS) is 34.4. The highest BCUT2D eigenvalue weighted by Crippen LogP contribution is 2.63. The number of carbonyl (C=O) groups is 2. The third-order valence-electron chi connectivity index (χ3n) is 5.46. The van der Waals surface area contributed by atoms with Crippen LogP contribution in [0.5, 0.6) is 0 Å². The molecule has 3 fully saturated rings. The number of rotatable bonds is 2. The van der Waals surface area contributed by atoms with Crippen molar-refractivity contribution in [2.45, 2.75) is 38.3 Å². The number of carbonyl (C=O) groups excluding carboxylic acids is 1. The maximum Gasteiger partial charge on any atom is 0.394 e. The third-order valence-corrected chi connectivity index (χ3v) is 5.46. The van der Waals surface area contributed by atoms with Crippen molar-refractivity contribution in [3.05, 3.63) is 0 Å². The molecule has 2 saturated carbocycles. The number of amides is 1. The van der Waals surface area contributed by atoms with E-state index in [1.54, 1.807) is 0 Å². The summed E-state index contributed by atoms with van der Waals surface area (Å²) < 4.78 is 38.8. The molecule has 1 aliphatic heterocycles. The third kappa shape index (κ3) is 2.40. The van der Waals surface area contributed by atoms with Crippen LogP contribution in [0, 0.1) is 23.2 Å². The molecule has 118 valence electrons. The lowest BCUT2D eigenvalue weighted by Gasteiger charge is -2.19. The predicted molar refractivity (Wildman–Crippen MR) is 66.3 cm³/mol. The Bertz CT molecular complexity index is 471. The smallest absolute Gasteiger partial charge is 0.394 e. The van der Waals surface area contributed by atoms with E-state index < -0.39 is 30.5 Å². The molecule has 1 unspecified atom stereocenters. The molecule has 1 heterocycles. The van der Waals surface area contributed by atoms with Crippen molar-refractivity contribution < 1.29 is 27.9 Å². The van der Waals surface area contributed by atoms with Gasteiger partial charge in [0.25, 0.3) is 0 Å². The molecule has 0 bridgehead atoms. The van der Waals surface area contributed by atoms with Crippen LogP contribution in [-0.4, -0.2) is 41.1 Å². The van der Waals surface area contributed by atoms with E-state index in [0.29, 0.717) is 0 Å². The highest BCUT2D eigenvalue weighted by molar-refractivity contribution is 5.84. The second-order valence-electron chi connectivity index (χ2n) is 6.66. The fourth-order valence-corrected chi connectivity index (χ4v) is 4.11. The van der Waals surface area contributed by atoms with Crippen LogP contribution in [-0.2, 0) is 9.59 Å². The topological polar surface area (TPSA) is 57.6 Å². The molecular weight excluding hydrogens is 287 g/mol. The van der Waals surface area contributed by atoms with Crippen LogP contribution in [0.25, 0.3) is 0 Å². The van der Waals surface area contributed by atoms with Crippen molar-refractivity contribution in [3.63, 3.8) is 0 Å². The van der Waals surface area contributed by atoms with Crippen LogP contribution in [0.2, 0.25) is 0 Å². The first-order valence-corrected chi connectivity index (χ1v) is 7.33. The molecule has 7 heteroatoms. The van der Waals surface area contributed by atoms with E-state index in [1.807, 2.05) is 0 Å². The van der Waals surface area contributed by atoms with Crippen molar-refractivity contribution in [1.82, 2.24) is 4.90 Å². The summed E-state index contributed by atoms with van der Waals surface area (Å²) in [5, 5.41) is 8.97. The molecular formula is C14H18F3NO3. The number of halogens is 3. The molecule has 0 aromatic heterocycles. The van der Waals surface area contributed by atoms with Gasteiger partial charge in [-0.3, -0.25) is 9.59 Å². The van der Waals surface area contributed by atoms with Crippen molar-refractivity contribution in [2.24, 2.45) is 23.2 Å². The number of carboxylic acids is 1. The van der Waals surface area contributed by atoms with E-state index >= 15 is 0 Å². The van der Waals surface area contributed by atoms with Crippen LogP contribution < -0.4 is 0 Å². The molecule has 0 aromatic rings. The summed E-state index contributed by atoms with van der Waals surface area (Å²) >= 11 is 0. The molecule has 2 aliphatic carbocycles. The molecule has 0 radical (unpaired) electrons. The number of hydrogen-bond donors (Lipinski definition) is 1. The van der Waals surface area contributed by atoms with Gasteiger partial charge in [-0.15, -0.1) is 0 Å². The van der Waals surface area contributed by atoms with E-state index in [1.165, 1.54) is 0 Å². The predicted octanol–water partition coefficient (Wildman–Crippen LogP) is 2.29. The standard InChI is InChI=1S/C14H18F3NO3/c15-14(16,17)10-7-18(6-8(10)12(20)21)11(19)9-5-13(9)3-1-2-4-13/h8-10H,1-7H2,(H,20,21)/t8-,9?,10-/m1/s1. The molecule has 3 rings (SSSR count). The lowest BCUT2D eigenvalue weighted by Crippen LogP contribution is -2.34. The second-order valence-corrected chi connectivity index (χ2v) is 6.66. The molecule has 3 atom stereocenters. The minimum absolute atomic E-state index is 0.0200. The van der Waals surface area contributed by atoms with Gasteiger partial charge in [0.1, 0.15) is 0 Å². The van der Waals surface area contributed by atoms with E-state index in [-0.39, 0.29) is 23.8 Å². The molecule has 1 spiro atoms. The average molecular weight is 305 g/mol.